The first kappa shape index (κ1) is 12.6. The van der Waals surface area contributed by atoms with Gasteiger partial charge in [-0.15, -0.1) is 0 Å². The molecule has 1 unspecified atom stereocenters. The van der Waals surface area contributed by atoms with Crippen molar-refractivity contribution in [1.29, 1.82) is 0 Å². The van der Waals surface area contributed by atoms with Crippen LogP contribution in [0.15, 0.2) is 24.3 Å². The molecule has 1 aliphatic heterocycles. The second-order valence-electron chi connectivity index (χ2n) is 5.02. The van der Waals surface area contributed by atoms with Gasteiger partial charge in [0, 0.05) is 7.11 Å². The van der Waals surface area contributed by atoms with Crippen LogP contribution >= 0.6 is 0 Å². The van der Waals surface area contributed by atoms with Gasteiger partial charge in [0.25, 0.3) is 0 Å². The molecular formula is C15H23NO. The fourth-order valence-corrected chi connectivity index (χ4v) is 2.53. The number of methoxy groups -OCH3 is 1. The Labute approximate surface area is 104 Å². The molecular weight excluding hydrogens is 210 g/mol. The maximum absolute atomic E-state index is 5.37. The van der Waals surface area contributed by atoms with Crippen LogP contribution in [-0.2, 0) is 11.2 Å². The summed E-state index contributed by atoms with van der Waals surface area (Å²) in [6, 6.07) is 8.85. The molecule has 2 rings (SSSR count). The first-order valence-corrected chi connectivity index (χ1v) is 6.62. The van der Waals surface area contributed by atoms with E-state index in [1.807, 2.05) is 0 Å². The van der Waals surface area contributed by atoms with E-state index in [4.69, 9.17) is 4.74 Å². The number of rotatable bonds is 4. The van der Waals surface area contributed by atoms with Crippen LogP contribution in [0.3, 0.4) is 0 Å². The number of hydrogen-bond donors (Lipinski definition) is 1. The molecule has 1 atom stereocenters. The molecule has 1 N–H and O–H groups in total. The van der Waals surface area contributed by atoms with Gasteiger partial charge in [0.15, 0.2) is 0 Å². The lowest BCUT2D eigenvalue weighted by Gasteiger charge is -2.23. The van der Waals surface area contributed by atoms with Crippen LogP contribution in [0.5, 0.6) is 0 Å². The van der Waals surface area contributed by atoms with Crippen molar-refractivity contribution < 1.29 is 4.74 Å². The van der Waals surface area contributed by atoms with Crippen LogP contribution in [0.4, 0.5) is 0 Å². The van der Waals surface area contributed by atoms with E-state index in [0.29, 0.717) is 0 Å². The number of benzene rings is 1. The second-order valence-corrected chi connectivity index (χ2v) is 5.02. The Kier molecular flexibility index (Phi) is 4.57. The zero-order valence-corrected chi connectivity index (χ0v) is 10.9. The summed E-state index contributed by atoms with van der Waals surface area (Å²) in [6.07, 6.45) is 4.03. The number of nitrogens with one attached hydrogen (secondary N) is 1. The van der Waals surface area contributed by atoms with E-state index in [1.54, 1.807) is 7.11 Å². The Morgan fingerprint density at radius 1 is 1.35 bits per heavy atom. The summed E-state index contributed by atoms with van der Waals surface area (Å²) >= 11 is 0. The molecule has 0 aliphatic carbocycles. The van der Waals surface area contributed by atoms with Crippen LogP contribution in [-0.4, -0.2) is 20.2 Å². The number of piperidine rings is 1. The number of hydrogen-bond acceptors (Lipinski definition) is 2. The third-order valence-corrected chi connectivity index (χ3v) is 3.76. The van der Waals surface area contributed by atoms with Crippen molar-refractivity contribution in [3.8, 4) is 0 Å². The fraction of sp³-hybridized carbons (Fsp3) is 0.600. The minimum absolute atomic E-state index is 0.197. The summed E-state index contributed by atoms with van der Waals surface area (Å²) < 4.78 is 5.37. The van der Waals surface area contributed by atoms with E-state index in [0.717, 1.165) is 5.92 Å². The molecule has 1 fully saturated rings. The monoisotopic (exact) mass is 233 g/mol. The van der Waals surface area contributed by atoms with Gasteiger partial charge in [-0.3, -0.25) is 0 Å². The summed E-state index contributed by atoms with van der Waals surface area (Å²) in [7, 11) is 1.77. The molecule has 17 heavy (non-hydrogen) atoms. The normalized spacial score (nSPS) is 19.2. The Morgan fingerprint density at radius 3 is 2.82 bits per heavy atom. The van der Waals surface area contributed by atoms with Crippen molar-refractivity contribution in [2.45, 2.75) is 32.3 Å². The highest BCUT2D eigenvalue weighted by molar-refractivity contribution is 5.25. The largest absolute Gasteiger partial charge is 0.377 e. The summed E-state index contributed by atoms with van der Waals surface area (Å²) in [4.78, 5) is 0. The predicted octanol–water partition coefficient (Wildman–Crippen LogP) is 2.94. The molecule has 0 aromatic heterocycles. The highest BCUT2D eigenvalue weighted by Crippen LogP contribution is 2.21. The minimum Gasteiger partial charge on any atom is -0.377 e. The van der Waals surface area contributed by atoms with Gasteiger partial charge in [0.2, 0.25) is 0 Å². The molecule has 0 radical (unpaired) electrons. The van der Waals surface area contributed by atoms with E-state index in [1.165, 1.54) is 43.5 Å². The van der Waals surface area contributed by atoms with Crippen LogP contribution in [0.25, 0.3) is 0 Å². The molecule has 1 heterocycles. The average molecular weight is 233 g/mol. The third-order valence-electron chi connectivity index (χ3n) is 3.76. The lowest BCUT2D eigenvalue weighted by Crippen LogP contribution is -2.28. The van der Waals surface area contributed by atoms with Crippen LogP contribution < -0.4 is 5.32 Å². The zero-order chi connectivity index (χ0) is 12.1. The molecule has 94 valence electrons. The number of ether oxygens (including phenoxy) is 1. The molecule has 1 aliphatic rings. The van der Waals surface area contributed by atoms with Gasteiger partial charge in [-0.25, -0.2) is 0 Å². The Morgan fingerprint density at radius 2 is 2.12 bits per heavy atom. The van der Waals surface area contributed by atoms with Gasteiger partial charge >= 0.3 is 0 Å². The van der Waals surface area contributed by atoms with E-state index >= 15 is 0 Å². The summed E-state index contributed by atoms with van der Waals surface area (Å²) in [5, 5.41) is 3.42. The first-order chi connectivity index (χ1) is 8.29. The van der Waals surface area contributed by atoms with Gasteiger partial charge in [-0.1, -0.05) is 24.3 Å². The summed E-state index contributed by atoms with van der Waals surface area (Å²) in [5.41, 5.74) is 2.75. The van der Waals surface area contributed by atoms with E-state index in [-0.39, 0.29) is 6.10 Å². The van der Waals surface area contributed by atoms with Crippen molar-refractivity contribution >= 4 is 0 Å². The minimum atomic E-state index is 0.197. The van der Waals surface area contributed by atoms with Gasteiger partial charge in [-0.05, 0) is 56.3 Å². The Bertz CT molecular complexity index is 345. The standard InChI is InChI=1S/C15H23NO/c1-12(17-2)15-5-3-4-14(11-15)10-13-6-8-16-9-7-13/h3-5,11-13,16H,6-10H2,1-2H3. The quantitative estimate of drug-likeness (QED) is 0.863. The summed E-state index contributed by atoms with van der Waals surface area (Å²) in [6.45, 7) is 4.46. The van der Waals surface area contributed by atoms with Crippen molar-refractivity contribution in [3.05, 3.63) is 35.4 Å². The average Bonchev–Trinajstić information content (AvgIpc) is 2.39. The van der Waals surface area contributed by atoms with Crippen molar-refractivity contribution in [2.24, 2.45) is 5.92 Å². The van der Waals surface area contributed by atoms with E-state index < -0.39 is 0 Å². The topological polar surface area (TPSA) is 21.3 Å². The zero-order valence-electron chi connectivity index (χ0n) is 10.9. The lowest BCUT2D eigenvalue weighted by molar-refractivity contribution is 0.119. The molecule has 1 aromatic carbocycles. The maximum atomic E-state index is 5.37. The highest BCUT2D eigenvalue weighted by Gasteiger charge is 2.14. The van der Waals surface area contributed by atoms with E-state index in [9.17, 15) is 0 Å². The maximum Gasteiger partial charge on any atom is 0.0793 e. The van der Waals surface area contributed by atoms with Gasteiger partial charge in [0.1, 0.15) is 0 Å². The third kappa shape index (κ3) is 3.55. The molecule has 0 bridgehead atoms. The fourth-order valence-electron chi connectivity index (χ4n) is 2.53. The molecule has 1 saturated heterocycles. The lowest BCUT2D eigenvalue weighted by atomic mass is 9.90. The van der Waals surface area contributed by atoms with Crippen molar-refractivity contribution in [2.75, 3.05) is 20.2 Å². The molecule has 1 aromatic rings. The Hall–Kier alpha value is -0.860. The second kappa shape index (κ2) is 6.18. The Balaban J connectivity index is 2.00. The van der Waals surface area contributed by atoms with E-state index in [2.05, 4.69) is 36.5 Å². The van der Waals surface area contributed by atoms with Gasteiger partial charge < -0.3 is 10.1 Å². The molecule has 0 amide bonds. The molecule has 2 nitrogen and oxygen atoms in total. The highest BCUT2D eigenvalue weighted by atomic mass is 16.5. The molecule has 2 heteroatoms. The van der Waals surface area contributed by atoms with Crippen LogP contribution in [0, 0.1) is 5.92 Å². The van der Waals surface area contributed by atoms with Crippen molar-refractivity contribution in [1.82, 2.24) is 5.32 Å². The van der Waals surface area contributed by atoms with Gasteiger partial charge in [0.05, 0.1) is 6.10 Å². The van der Waals surface area contributed by atoms with Gasteiger partial charge in [-0.2, -0.15) is 0 Å². The molecule has 0 saturated carbocycles. The SMILES string of the molecule is COC(C)c1cccc(CC2CCNCC2)c1. The summed E-state index contributed by atoms with van der Waals surface area (Å²) in [5.74, 6) is 0.851. The van der Waals surface area contributed by atoms with Crippen molar-refractivity contribution in [3.63, 3.8) is 0 Å². The van der Waals surface area contributed by atoms with Crippen LogP contribution in [0.1, 0.15) is 37.0 Å². The predicted molar refractivity (Wildman–Crippen MR) is 71.2 cm³/mol. The first-order valence-electron chi connectivity index (χ1n) is 6.62. The smallest absolute Gasteiger partial charge is 0.0793 e. The van der Waals surface area contributed by atoms with Crippen LogP contribution in [0.2, 0.25) is 0 Å². The molecule has 0 spiro atoms.